The van der Waals surface area contributed by atoms with Gasteiger partial charge in [-0.25, -0.2) is 0 Å². The SMILES string of the molecule is CCCCCCOc1cscc1CN(C(=O)c1ccc(-c2ccco2)cc1)C1(O)CC1. The first kappa shape index (κ1) is 21.7. The lowest BCUT2D eigenvalue weighted by molar-refractivity contribution is -0.0149. The van der Waals surface area contributed by atoms with Crippen LogP contribution in [0, 0.1) is 0 Å². The molecule has 0 atom stereocenters. The molecule has 1 aliphatic rings. The van der Waals surface area contributed by atoms with Gasteiger partial charge in [-0.15, -0.1) is 11.3 Å². The number of hydrogen-bond acceptors (Lipinski definition) is 5. The van der Waals surface area contributed by atoms with Crippen LogP contribution in [0.2, 0.25) is 0 Å². The highest BCUT2D eigenvalue weighted by atomic mass is 32.1. The second-order valence-corrected chi connectivity index (χ2v) is 8.84. The zero-order chi connectivity index (χ0) is 21.7. The average molecular weight is 440 g/mol. The number of thiophene rings is 1. The Kier molecular flexibility index (Phi) is 6.78. The first-order valence-corrected chi connectivity index (χ1v) is 11.9. The van der Waals surface area contributed by atoms with Crippen LogP contribution in [0.15, 0.2) is 57.8 Å². The summed E-state index contributed by atoms with van der Waals surface area (Å²) in [6.45, 7) is 3.20. The molecule has 0 unspecified atom stereocenters. The summed E-state index contributed by atoms with van der Waals surface area (Å²) in [5.41, 5.74) is 1.33. The Morgan fingerprint density at radius 1 is 1.16 bits per heavy atom. The van der Waals surface area contributed by atoms with Crippen LogP contribution in [0.1, 0.15) is 61.4 Å². The van der Waals surface area contributed by atoms with E-state index in [1.54, 1.807) is 34.6 Å². The number of amides is 1. The van der Waals surface area contributed by atoms with E-state index in [1.165, 1.54) is 12.8 Å². The number of furan rings is 1. The van der Waals surface area contributed by atoms with E-state index in [9.17, 15) is 9.90 Å². The summed E-state index contributed by atoms with van der Waals surface area (Å²) in [6, 6.07) is 11.0. The van der Waals surface area contributed by atoms with E-state index in [1.807, 2.05) is 35.0 Å². The van der Waals surface area contributed by atoms with Gasteiger partial charge in [-0.1, -0.05) is 38.3 Å². The zero-order valence-corrected chi connectivity index (χ0v) is 18.7. The molecule has 5 nitrogen and oxygen atoms in total. The number of carbonyl (C=O) groups is 1. The summed E-state index contributed by atoms with van der Waals surface area (Å²) in [5.74, 6) is 1.40. The second kappa shape index (κ2) is 9.71. The van der Waals surface area contributed by atoms with Gasteiger partial charge in [0.25, 0.3) is 5.91 Å². The number of rotatable bonds is 11. The molecule has 1 saturated carbocycles. The van der Waals surface area contributed by atoms with Gasteiger partial charge in [0.1, 0.15) is 17.2 Å². The monoisotopic (exact) mass is 439 g/mol. The molecular weight excluding hydrogens is 410 g/mol. The van der Waals surface area contributed by atoms with Gasteiger partial charge < -0.3 is 19.2 Å². The largest absolute Gasteiger partial charge is 0.492 e. The van der Waals surface area contributed by atoms with Gasteiger partial charge in [0.15, 0.2) is 0 Å². The molecule has 0 aliphatic heterocycles. The van der Waals surface area contributed by atoms with Crippen molar-refractivity contribution >= 4 is 17.2 Å². The maximum atomic E-state index is 13.3. The molecule has 6 heteroatoms. The molecular formula is C25H29NO4S. The Bertz CT molecular complexity index is 973. The van der Waals surface area contributed by atoms with Crippen LogP contribution in [-0.4, -0.2) is 28.2 Å². The first-order chi connectivity index (χ1) is 15.1. The summed E-state index contributed by atoms with van der Waals surface area (Å²) >= 11 is 1.56. The minimum Gasteiger partial charge on any atom is -0.492 e. The normalized spacial score (nSPS) is 14.4. The van der Waals surface area contributed by atoms with Crippen LogP contribution in [0.5, 0.6) is 5.75 Å². The minimum absolute atomic E-state index is 0.175. The molecule has 0 spiro atoms. The highest BCUT2D eigenvalue weighted by molar-refractivity contribution is 7.08. The molecule has 2 aromatic heterocycles. The van der Waals surface area contributed by atoms with Crippen molar-refractivity contribution in [3.63, 3.8) is 0 Å². The highest BCUT2D eigenvalue weighted by Crippen LogP contribution is 2.41. The van der Waals surface area contributed by atoms with Gasteiger partial charge in [0.2, 0.25) is 0 Å². The Morgan fingerprint density at radius 2 is 1.97 bits per heavy atom. The van der Waals surface area contributed by atoms with E-state index < -0.39 is 5.72 Å². The molecule has 1 fully saturated rings. The zero-order valence-electron chi connectivity index (χ0n) is 17.9. The number of hydrogen-bond donors (Lipinski definition) is 1. The maximum Gasteiger partial charge on any atom is 0.256 e. The van der Waals surface area contributed by atoms with E-state index in [4.69, 9.17) is 9.15 Å². The maximum absolute atomic E-state index is 13.3. The molecule has 3 aromatic rings. The van der Waals surface area contributed by atoms with Crippen molar-refractivity contribution in [2.45, 2.75) is 57.7 Å². The van der Waals surface area contributed by atoms with Gasteiger partial charge in [-0.2, -0.15) is 0 Å². The molecule has 1 aromatic carbocycles. The fourth-order valence-corrected chi connectivity index (χ4v) is 4.37. The molecule has 2 heterocycles. The minimum atomic E-state index is -1.07. The molecule has 31 heavy (non-hydrogen) atoms. The summed E-state index contributed by atoms with van der Waals surface area (Å²) < 4.78 is 11.4. The summed E-state index contributed by atoms with van der Waals surface area (Å²) in [6.07, 6.45) is 7.42. The lowest BCUT2D eigenvalue weighted by Gasteiger charge is -2.28. The van der Waals surface area contributed by atoms with Crippen LogP contribution in [0.25, 0.3) is 11.3 Å². The Morgan fingerprint density at radius 3 is 2.65 bits per heavy atom. The van der Waals surface area contributed by atoms with E-state index in [2.05, 4.69) is 6.92 Å². The number of benzene rings is 1. The number of carbonyl (C=O) groups excluding carboxylic acids is 1. The summed E-state index contributed by atoms with van der Waals surface area (Å²) in [4.78, 5) is 14.9. The van der Waals surface area contributed by atoms with Crippen molar-refractivity contribution in [2.24, 2.45) is 0 Å². The molecule has 164 valence electrons. The number of aliphatic hydroxyl groups is 1. The number of unbranched alkanes of at least 4 members (excludes halogenated alkanes) is 3. The quantitative estimate of drug-likeness (QED) is 0.290. The molecule has 4 rings (SSSR count). The lowest BCUT2D eigenvalue weighted by Crippen LogP contribution is -2.41. The third-order valence-corrected chi connectivity index (χ3v) is 6.44. The standard InChI is InChI=1S/C25H29NO4S/c1-2-3-4-5-14-30-23-18-31-17-21(23)16-26(25(28)12-13-25)24(27)20-10-8-19(9-11-20)22-7-6-15-29-22/h6-11,15,17-18,28H,2-5,12-14,16H2,1H3. The molecule has 1 aliphatic carbocycles. The Balaban J connectivity index is 1.45. The van der Waals surface area contributed by atoms with Gasteiger partial charge in [-0.05, 0) is 48.9 Å². The molecule has 0 radical (unpaired) electrons. The van der Waals surface area contributed by atoms with Crippen LogP contribution < -0.4 is 4.74 Å². The predicted octanol–water partition coefficient (Wildman–Crippen LogP) is 6.09. The third-order valence-electron chi connectivity index (χ3n) is 5.67. The first-order valence-electron chi connectivity index (χ1n) is 11.0. The lowest BCUT2D eigenvalue weighted by atomic mass is 10.1. The van der Waals surface area contributed by atoms with Crippen LogP contribution in [-0.2, 0) is 6.54 Å². The molecule has 1 N–H and O–H groups in total. The van der Waals surface area contributed by atoms with Crippen LogP contribution in [0.3, 0.4) is 0 Å². The van der Waals surface area contributed by atoms with Crippen LogP contribution >= 0.6 is 11.3 Å². The molecule has 0 saturated heterocycles. The van der Waals surface area contributed by atoms with E-state index >= 15 is 0 Å². The Hall–Kier alpha value is -2.57. The van der Waals surface area contributed by atoms with Crippen molar-refractivity contribution in [1.29, 1.82) is 0 Å². The van der Waals surface area contributed by atoms with E-state index in [0.29, 0.717) is 31.6 Å². The summed E-state index contributed by atoms with van der Waals surface area (Å²) in [7, 11) is 0. The van der Waals surface area contributed by atoms with Crippen molar-refractivity contribution in [3.05, 3.63) is 64.5 Å². The number of ether oxygens (including phenoxy) is 1. The van der Waals surface area contributed by atoms with Crippen LogP contribution in [0.4, 0.5) is 0 Å². The van der Waals surface area contributed by atoms with Crippen molar-refractivity contribution in [1.82, 2.24) is 4.90 Å². The van der Waals surface area contributed by atoms with Gasteiger partial charge in [0, 0.05) is 22.1 Å². The number of nitrogens with zero attached hydrogens (tertiary/aromatic N) is 1. The topological polar surface area (TPSA) is 62.9 Å². The van der Waals surface area contributed by atoms with Crippen molar-refractivity contribution in [3.8, 4) is 17.1 Å². The Labute approximate surface area is 187 Å². The van der Waals surface area contributed by atoms with E-state index in [0.717, 1.165) is 35.5 Å². The smallest absolute Gasteiger partial charge is 0.256 e. The fraction of sp³-hybridized carbons (Fsp3) is 0.400. The second-order valence-electron chi connectivity index (χ2n) is 8.10. The van der Waals surface area contributed by atoms with Crippen molar-refractivity contribution < 1.29 is 19.1 Å². The van der Waals surface area contributed by atoms with Crippen molar-refractivity contribution in [2.75, 3.05) is 6.61 Å². The van der Waals surface area contributed by atoms with Gasteiger partial charge in [0.05, 0.1) is 19.4 Å². The fourth-order valence-electron chi connectivity index (χ4n) is 3.60. The average Bonchev–Trinajstić information content (AvgIpc) is 3.18. The summed E-state index contributed by atoms with van der Waals surface area (Å²) in [5, 5.41) is 14.8. The van der Waals surface area contributed by atoms with E-state index in [-0.39, 0.29) is 5.91 Å². The highest BCUT2D eigenvalue weighted by Gasteiger charge is 2.49. The third kappa shape index (κ3) is 5.20. The molecule has 0 bridgehead atoms. The molecule has 1 amide bonds. The van der Waals surface area contributed by atoms with Gasteiger partial charge in [-0.3, -0.25) is 4.79 Å². The predicted molar refractivity (Wildman–Crippen MR) is 122 cm³/mol. The van der Waals surface area contributed by atoms with Gasteiger partial charge >= 0.3 is 0 Å².